The second-order valence-electron chi connectivity index (χ2n) is 12.3. The number of nitrogens with zero attached hydrogens (tertiary/aromatic N) is 4. The SMILES string of the molecule is O=C(O)C(CNC(=O)C(=O)Nc1ccc(Oc2ccccc2)cc1)=NC(=O)c1ccc(Nc2nc(NC3(c4ccc(Cl)cc4)CC3)nc(OCC(F)(F)F)n2)cc1. The smallest absolute Gasteiger partial charge is 0.422 e. The average Bonchev–Trinajstić information content (AvgIpc) is 3.96. The van der Waals surface area contributed by atoms with Gasteiger partial charge < -0.3 is 35.8 Å². The Labute approximate surface area is 326 Å². The Morgan fingerprint density at radius 3 is 2.05 bits per heavy atom. The molecule has 1 fully saturated rings. The fourth-order valence-corrected chi connectivity index (χ4v) is 5.24. The fraction of sp³-hybridized carbons (Fsp3) is 0.158. The first kappa shape index (κ1) is 39.6. The first-order chi connectivity index (χ1) is 27.2. The van der Waals surface area contributed by atoms with Crippen LogP contribution in [0, 0.1) is 0 Å². The van der Waals surface area contributed by atoms with Crippen molar-refractivity contribution >= 4 is 64.3 Å². The number of carbonyl (C=O) groups excluding carboxylic acids is 3. The number of hydrogen-bond acceptors (Lipinski definition) is 11. The van der Waals surface area contributed by atoms with Crippen LogP contribution in [-0.4, -0.2) is 68.8 Å². The summed E-state index contributed by atoms with van der Waals surface area (Å²) in [4.78, 5) is 65.4. The first-order valence-corrected chi connectivity index (χ1v) is 17.3. The van der Waals surface area contributed by atoms with E-state index in [0.29, 0.717) is 29.4 Å². The Morgan fingerprint density at radius 1 is 0.789 bits per heavy atom. The Hall–Kier alpha value is -7.08. The van der Waals surface area contributed by atoms with Crippen LogP contribution >= 0.6 is 11.6 Å². The predicted octanol–water partition coefficient (Wildman–Crippen LogP) is 6.52. The second-order valence-corrected chi connectivity index (χ2v) is 12.8. The largest absolute Gasteiger partial charge is 0.477 e. The monoisotopic (exact) mass is 802 g/mol. The molecule has 19 heteroatoms. The molecular weight excluding hydrogens is 773 g/mol. The quantitative estimate of drug-likeness (QED) is 0.0601. The highest BCUT2D eigenvalue weighted by Gasteiger charge is 2.45. The van der Waals surface area contributed by atoms with E-state index in [-0.39, 0.29) is 28.8 Å². The number of anilines is 4. The molecule has 292 valence electrons. The van der Waals surface area contributed by atoms with E-state index >= 15 is 0 Å². The first-order valence-electron chi connectivity index (χ1n) is 16.9. The zero-order valence-electron chi connectivity index (χ0n) is 29.3. The number of aliphatic carboxylic acids is 1. The van der Waals surface area contributed by atoms with E-state index in [1.807, 2.05) is 18.2 Å². The van der Waals surface area contributed by atoms with Gasteiger partial charge in [-0.2, -0.15) is 28.1 Å². The number of carbonyl (C=O) groups is 4. The third-order valence-corrected chi connectivity index (χ3v) is 8.31. The van der Waals surface area contributed by atoms with Gasteiger partial charge in [0.1, 0.15) is 17.2 Å². The van der Waals surface area contributed by atoms with E-state index in [4.69, 9.17) is 21.1 Å². The lowest BCUT2D eigenvalue weighted by atomic mass is 10.1. The third-order valence-electron chi connectivity index (χ3n) is 8.06. The number of aromatic nitrogens is 3. The van der Waals surface area contributed by atoms with Crippen molar-refractivity contribution in [2.75, 3.05) is 29.1 Å². The standard InChI is InChI=1S/C38H30ClF3N8O7/c39-24-10-8-23(9-11-24)37(18-19-37)50-35-47-34(48-36(49-35)56-21-38(40,41)42)45-26-12-6-22(7-13-26)30(51)46-29(33(54)55)20-43-31(52)32(53)44-25-14-16-28(17-15-25)57-27-4-2-1-3-5-27/h1-17H,18-21H2,(H,43,52)(H,44,53)(H,54,55)(H2,45,47,48,49,50). The number of carboxylic acids is 1. The molecule has 5 N–H and O–H groups in total. The van der Waals surface area contributed by atoms with Gasteiger partial charge in [-0.25, -0.2) is 9.79 Å². The van der Waals surface area contributed by atoms with Crippen LogP contribution in [-0.2, 0) is 19.9 Å². The molecule has 1 aliphatic carbocycles. The maximum absolute atomic E-state index is 12.9. The summed E-state index contributed by atoms with van der Waals surface area (Å²) in [6, 6.07) is 26.9. The van der Waals surface area contributed by atoms with Gasteiger partial charge in [0.25, 0.3) is 5.91 Å². The maximum atomic E-state index is 12.9. The molecule has 57 heavy (non-hydrogen) atoms. The van der Waals surface area contributed by atoms with Gasteiger partial charge >= 0.3 is 30.0 Å². The Bertz CT molecular complexity index is 2290. The number of carboxylic acid groups (broad SMARTS) is 1. The van der Waals surface area contributed by atoms with Crippen LogP contribution in [0.2, 0.25) is 5.02 Å². The molecule has 4 aromatic carbocycles. The van der Waals surface area contributed by atoms with Crippen LogP contribution in [0.1, 0.15) is 28.8 Å². The summed E-state index contributed by atoms with van der Waals surface area (Å²) in [5.74, 6) is -4.05. The van der Waals surface area contributed by atoms with Gasteiger partial charge in [-0.3, -0.25) is 14.4 Å². The minimum Gasteiger partial charge on any atom is -0.477 e. The topological polar surface area (TPSA) is 206 Å². The lowest BCUT2D eigenvalue weighted by molar-refractivity contribution is -0.154. The van der Waals surface area contributed by atoms with Gasteiger partial charge in [0.05, 0.1) is 12.1 Å². The number of alkyl halides is 3. The molecule has 0 bridgehead atoms. The van der Waals surface area contributed by atoms with E-state index < -0.39 is 60.3 Å². The molecule has 0 aliphatic heterocycles. The van der Waals surface area contributed by atoms with Gasteiger partial charge in [0, 0.05) is 22.0 Å². The molecule has 0 spiro atoms. The van der Waals surface area contributed by atoms with Crippen LogP contribution in [0.3, 0.4) is 0 Å². The Morgan fingerprint density at radius 2 is 1.42 bits per heavy atom. The van der Waals surface area contributed by atoms with Crippen molar-refractivity contribution in [1.82, 2.24) is 20.3 Å². The van der Waals surface area contributed by atoms with Gasteiger partial charge in [-0.15, -0.1) is 0 Å². The lowest BCUT2D eigenvalue weighted by Crippen LogP contribution is -2.40. The lowest BCUT2D eigenvalue weighted by Gasteiger charge is -2.19. The second kappa shape index (κ2) is 17.2. The van der Waals surface area contributed by atoms with Crippen LogP contribution in [0.15, 0.2) is 108 Å². The summed E-state index contributed by atoms with van der Waals surface area (Å²) >= 11 is 6.02. The summed E-state index contributed by atoms with van der Waals surface area (Å²) < 4.78 is 49.3. The number of nitrogens with one attached hydrogen (secondary N) is 4. The summed E-state index contributed by atoms with van der Waals surface area (Å²) in [5.41, 5.74) is 0.0174. The molecule has 1 aliphatic rings. The van der Waals surface area contributed by atoms with Crippen molar-refractivity contribution in [1.29, 1.82) is 0 Å². The number of halogens is 4. The molecule has 1 heterocycles. The molecule has 1 saturated carbocycles. The van der Waals surface area contributed by atoms with Gasteiger partial charge in [-0.1, -0.05) is 41.9 Å². The summed E-state index contributed by atoms with van der Waals surface area (Å²) in [6.45, 7) is -2.41. The zero-order valence-corrected chi connectivity index (χ0v) is 30.1. The van der Waals surface area contributed by atoms with E-state index in [2.05, 4.69) is 41.2 Å². The molecule has 0 saturated heterocycles. The van der Waals surface area contributed by atoms with E-state index in [1.165, 1.54) is 36.4 Å². The van der Waals surface area contributed by atoms with E-state index in [9.17, 15) is 37.5 Å². The van der Waals surface area contributed by atoms with E-state index in [1.54, 1.807) is 48.5 Å². The number of para-hydroxylation sites is 1. The molecule has 5 aromatic rings. The highest BCUT2D eigenvalue weighted by molar-refractivity contribution is 6.42. The average molecular weight is 803 g/mol. The molecule has 1 aromatic heterocycles. The van der Waals surface area contributed by atoms with Crippen LogP contribution in [0.4, 0.5) is 36.4 Å². The zero-order chi connectivity index (χ0) is 40.6. The Balaban J connectivity index is 1.07. The highest BCUT2D eigenvalue weighted by Crippen LogP contribution is 2.48. The van der Waals surface area contributed by atoms with Crippen molar-refractivity contribution in [2.24, 2.45) is 4.99 Å². The number of benzene rings is 4. The third kappa shape index (κ3) is 11.2. The minimum absolute atomic E-state index is 0.0612. The minimum atomic E-state index is -4.66. The van der Waals surface area contributed by atoms with Crippen molar-refractivity contribution < 1.29 is 46.9 Å². The number of amides is 3. The number of hydrogen-bond donors (Lipinski definition) is 5. The molecule has 6 rings (SSSR count). The molecule has 0 radical (unpaired) electrons. The van der Waals surface area contributed by atoms with Crippen LogP contribution in [0.5, 0.6) is 17.5 Å². The van der Waals surface area contributed by atoms with Crippen molar-refractivity contribution in [3.8, 4) is 17.5 Å². The predicted molar refractivity (Wildman–Crippen MR) is 201 cm³/mol. The molecule has 15 nitrogen and oxygen atoms in total. The van der Waals surface area contributed by atoms with E-state index in [0.717, 1.165) is 5.56 Å². The number of rotatable bonds is 14. The van der Waals surface area contributed by atoms with Crippen LogP contribution in [0.25, 0.3) is 0 Å². The maximum Gasteiger partial charge on any atom is 0.422 e. The summed E-state index contributed by atoms with van der Waals surface area (Å²) in [7, 11) is 0. The molecule has 3 amide bonds. The summed E-state index contributed by atoms with van der Waals surface area (Å²) in [6.07, 6.45) is -3.28. The van der Waals surface area contributed by atoms with Gasteiger partial charge in [0.2, 0.25) is 11.9 Å². The van der Waals surface area contributed by atoms with Crippen molar-refractivity contribution in [3.63, 3.8) is 0 Å². The molecule has 0 unspecified atom stereocenters. The Kier molecular flexibility index (Phi) is 11.9. The van der Waals surface area contributed by atoms with Crippen molar-refractivity contribution in [2.45, 2.75) is 24.6 Å². The van der Waals surface area contributed by atoms with Gasteiger partial charge in [-0.05, 0) is 91.2 Å². The normalized spacial score (nSPS) is 13.2. The fourth-order valence-electron chi connectivity index (χ4n) is 5.11. The summed E-state index contributed by atoms with van der Waals surface area (Å²) in [5, 5.41) is 20.6. The number of ether oxygens (including phenoxy) is 2. The molecule has 0 atom stereocenters. The van der Waals surface area contributed by atoms with Crippen molar-refractivity contribution in [3.05, 3.63) is 119 Å². The molecular formula is C38H30ClF3N8O7. The number of aliphatic imine (C=N–C) groups is 1. The van der Waals surface area contributed by atoms with Gasteiger partial charge in [0.15, 0.2) is 6.61 Å². The van der Waals surface area contributed by atoms with Crippen LogP contribution < -0.4 is 30.7 Å². The highest BCUT2D eigenvalue weighted by atomic mass is 35.5.